The van der Waals surface area contributed by atoms with E-state index in [0.717, 1.165) is 25.7 Å². The van der Waals surface area contributed by atoms with Gasteiger partial charge in [-0.05, 0) is 18.8 Å². The molecule has 1 heterocycles. The smallest absolute Gasteiger partial charge is 0.215 e. The summed E-state index contributed by atoms with van der Waals surface area (Å²) in [4.78, 5) is 0. The van der Waals surface area contributed by atoms with Crippen LogP contribution >= 0.6 is 0 Å². The van der Waals surface area contributed by atoms with E-state index in [0.29, 0.717) is 6.54 Å². The molecule has 2 aliphatic rings. The molecule has 0 aromatic rings. The third-order valence-electron chi connectivity index (χ3n) is 3.67. The third kappa shape index (κ3) is 1.81. The highest BCUT2D eigenvalue weighted by atomic mass is 32.2. The van der Waals surface area contributed by atoms with Gasteiger partial charge in [0.1, 0.15) is 0 Å². The number of hydrogen-bond donors (Lipinski definition) is 1. The zero-order valence-electron chi connectivity index (χ0n) is 9.15. The van der Waals surface area contributed by atoms with Crippen molar-refractivity contribution in [2.24, 2.45) is 5.92 Å². The van der Waals surface area contributed by atoms with Crippen molar-refractivity contribution in [3.05, 3.63) is 0 Å². The van der Waals surface area contributed by atoms with Gasteiger partial charge in [-0.2, -0.15) is 4.31 Å². The molecule has 2 rings (SSSR count). The SMILES string of the molecule is CC1CN(C2(CO)CCCC2)S(=O)(=O)C1. The summed E-state index contributed by atoms with van der Waals surface area (Å²) >= 11 is 0. The molecule has 88 valence electrons. The Morgan fingerprint density at radius 2 is 2.00 bits per heavy atom. The predicted octanol–water partition coefficient (Wildman–Crippen LogP) is 0.573. The zero-order chi connectivity index (χ0) is 11.1. The third-order valence-corrected chi connectivity index (χ3v) is 5.86. The van der Waals surface area contributed by atoms with Gasteiger partial charge in [0.15, 0.2) is 0 Å². The Bertz CT molecular complexity index is 333. The van der Waals surface area contributed by atoms with Crippen LogP contribution in [0.2, 0.25) is 0 Å². The standard InChI is InChI=1S/C10H19NO3S/c1-9-6-11(15(13,14)7-9)10(8-12)4-2-3-5-10/h9,12H,2-8H2,1H3. The van der Waals surface area contributed by atoms with Crippen molar-refractivity contribution in [2.75, 3.05) is 18.9 Å². The molecule has 1 saturated heterocycles. The van der Waals surface area contributed by atoms with Crippen LogP contribution in [-0.4, -0.2) is 42.3 Å². The molecule has 1 atom stereocenters. The fourth-order valence-electron chi connectivity index (χ4n) is 2.91. The molecule has 0 bridgehead atoms. The maximum Gasteiger partial charge on any atom is 0.215 e. The first-order valence-electron chi connectivity index (χ1n) is 5.62. The summed E-state index contributed by atoms with van der Waals surface area (Å²) in [5.74, 6) is 0.438. The summed E-state index contributed by atoms with van der Waals surface area (Å²) in [6.07, 6.45) is 3.69. The first kappa shape index (κ1) is 11.4. The van der Waals surface area contributed by atoms with Gasteiger partial charge in [0.25, 0.3) is 0 Å². The van der Waals surface area contributed by atoms with Crippen molar-refractivity contribution < 1.29 is 13.5 Å². The molecule has 2 fully saturated rings. The van der Waals surface area contributed by atoms with Gasteiger partial charge in [-0.15, -0.1) is 0 Å². The topological polar surface area (TPSA) is 57.6 Å². The summed E-state index contributed by atoms with van der Waals surface area (Å²) < 4.78 is 25.5. The second kappa shape index (κ2) is 3.71. The average Bonchev–Trinajstić information content (AvgIpc) is 2.71. The number of hydrogen-bond acceptors (Lipinski definition) is 3. The molecule has 0 amide bonds. The van der Waals surface area contributed by atoms with Gasteiger partial charge >= 0.3 is 0 Å². The highest BCUT2D eigenvalue weighted by Gasteiger charge is 2.48. The van der Waals surface area contributed by atoms with Crippen LogP contribution in [-0.2, 0) is 10.0 Å². The van der Waals surface area contributed by atoms with E-state index in [1.54, 1.807) is 4.31 Å². The molecule has 0 spiro atoms. The molecule has 0 radical (unpaired) electrons. The van der Waals surface area contributed by atoms with Crippen LogP contribution in [0.3, 0.4) is 0 Å². The molecule has 5 heteroatoms. The zero-order valence-corrected chi connectivity index (χ0v) is 9.96. The Balaban J connectivity index is 2.29. The van der Waals surface area contributed by atoms with Crippen molar-refractivity contribution in [1.29, 1.82) is 0 Å². The van der Waals surface area contributed by atoms with Crippen LogP contribution in [0.15, 0.2) is 0 Å². The van der Waals surface area contributed by atoms with Crippen molar-refractivity contribution in [1.82, 2.24) is 4.31 Å². The van der Waals surface area contributed by atoms with Gasteiger partial charge in [-0.1, -0.05) is 19.8 Å². The first-order valence-corrected chi connectivity index (χ1v) is 7.22. The lowest BCUT2D eigenvalue weighted by Crippen LogP contribution is -2.50. The minimum absolute atomic E-state index is 0.0288. The molecular weight excluding hydrogens is 214 g/mol. The number of aliphatic hydroxyl groups excluding tert-OH is 1. The molecule has 1 aliphatic heterocycles. The summed E-state index contributed by atoms with van der Waals surface area (Å²) in [6, 6.07) is 0. The lowest BCUT2D eigenvalue weighted by atomic mass is 9.98. The van der Waals surface area contributed by atoms with E-state index in [1.807, 2.05) is 6.92 Å². The Hall–Kier alpha value is -0.130. The maximum absolute atomic E-state index is 11.9. The van der Waals surface area contributed by atoms with Gasteiger partial charge in [0.2, 0.25) is 10.0 Å². The van der Waals surface area contributed by atoms with E-state index in [4.69, 9.17) is 0 Å². The van der Waals surface area contributed by atoms with Crippen molar-refractivity contribution >= 4 is 10.0 Å². The van der Waals surface area contributed by atoms with E-state index < -0.39 is 15.6 Å². The lowest BCUT2D eigenvalue weighted by Gasteiger charge is -2.35. The molecule has 1 saturated carbocycles. The number of sulfonamides is 1. The molecule has 1 N–H and O–H groups in total. The van der Waals surface area contributed by atoms with Crippen molar-refractivity contribution in [3.8, 4) is 0 Å². The Morgan fingerprint density at radius 3 is 2.40 bits per heavy atom. The monoisotopic (exact) mass is 233 g/mol. The molecule has 0 aromatic heterocycles. The van der Waals surface area contributed by atoms with Gasteiger partial charge in [-0.3, -0.25) is 0 Å². The maximum atomic E-state index is 11.9. The second-order valence-electron chi connectivity index (χ2n) is 5.00. The Kier molecular flexibility index (Phi) is 2.81. The first-order chi connectivity index (χ1) is 7.00. The van der Waals surface area contributed by atoms with Crippen LogP contribution in [0.5, 0.6) is 0 Å². The van der Waals surface area contributed by atoms with Gasteiger partial charge in [-0.25, -0.2) is 8.42 Å². The van der Waals surface area contributed by atoms with Crippen molar-refractivity contribution in [2.45, 2.75) is 38.1 Å². The molecular formula is C10H19NO3S. The highest BCUT2D eigenvalue weighted by Crippen LogP contribution is 2.39. The quantitative estimate of drug-likeness (QED) is 0.758. The van der Waals surface area contributed by atoms with E-state index in [2.05, 4.69) is 0 Å². The van der Waals surface area contributed by atoms with Crippen molar-refractivity contribution in [3.63, 3.8) is 0 Å². The van der Waals surface area contributed by atoms with E-state index in [1.165, 1.54) is 0 Å². The van der Waals surface area contributed by atoms with Crippen LogP contribution in [0, 0.1) is 5.92 Å². The van der Waals surface area contributed by atoms with E-state index in [-0.39, 0.29) is 18.3 Å². The van der Waals surface area contributed by atoms with Crippen LogP contribution in [0.1, 0.15) is 32.6 Å². The van der Waals surface area contributed by atoms with Crippen LogP contribution in [0.4, 0.5) is 0 Å². The van der Waals surface area contributed by atoms with E-state index in [9.17, 15) is 13.5 Å². The molecule has 0 aromatic carbocycles. The fraction of sp³-hybridized carbons (Fsp3) is 1.00. The normalized spacial score (nSPS) is 34.7. The molecule has 1 aliphatic carbocycles. The largest absolute Gasteiger partial charge is 0.394 e. The number of nitrogens with zero attached hydrogens (tertiary/aromatic N) is 1. The van der Waals surface area contributed by atoms with Crippen LogP contribution < -0.4 is 0 Å². The fourth-order valence-corrected chi connectivity index (χ4v) is 5.22. The van der Waals surface area contributed by atoms with Crippen LogP contribution in [0.25, 0.3) is 0 Å². The predicted molar refractivity (Wildman–Crippen MR) is 57.9 cm³/mol. The van der Waals surface area contributed by atoms with E-state index >= 15 is 0 Å². The second-order valence-corrected chi connectivity index (χ2v) is 6.94. The molecule has 1 unspecified atom stereocenters. The minimum Gasteiger partial charge on any atom is -0.394 e. The number of rotatable bonds is 2. The minimum atomic E-state index is -3.12. The summed E-state index contributed by atoms with van der Waals surface area (Å²) in [5.41, 5.74) is -0.469. The average molecular weight is 233 g/mol. The summed E-state index contributed by atoms with van der Waals surface area (Å²) in [7, 11) is -3.12. The molecule has 15 heavy (non-hydrogen) atoms. The van der Waals surface area contributed by atoms with Gasteiger partial charge in [0.05, 0.1) is 17.9 Å². The van der Waals surface area contributed by atoms with Gasteiger partial charge < -0.3 is 5.11 Å². The Labute approximate surface area is 91.3 Å². The Morgan fingerprint density at radius 1 is 1.40 bits per heavy atom. The number of aliphatic hydroxyl groups is 1. The van der Waals surface area contributed by atoms with Gasteiger partial charge in [0, 0.05) is 6.54 Å². The summed E-state index contributed by atoms with van der Waals surface area (Å²) in [6.45, 7) is 2.51. The summed E-state index contributed by atoms with van der Waals surface area (Å²) in [5, 5.41) is 9.49. The molecule has 4 nitrogen and oxygen atoms in total. The highest BCUT2D eigenvalue weighted by molar-refractivity contribution is 7.89. The lowest BCUT2D eigenvalue weighted by molar-refractivity contribution is 0.0970.